The van der Waals surface area contributed by atoms with Crippen LogP contribution in [-0.2, 0) is 22.6 Å². The van der Waals surface area contributed by atoms with E-state index in [-0.39, 0.29) is 18.8 Å². The van der Waals surface area contributed by atoms with Crippen molar-refractivity contribution >= 4 is 11.9 Å². The molecule has 21 heavy (non-hydrogen) atoms. The van der Waals surface area contributed by atoms with E-state index in [0.29, 0.717) is 5.82 Å². The number of carboxylic acid groups (broad SMARTS) is 1. The fourth-order valence-electron chi connectivity index (χ4n) is 1.62. The highest BCUT2D eigenvalue weighted by Gasteiger charge is 2.12. The van der Waals surface area contributed by atoms with E-state index in [4.69, 9.17) is 5.11 Å². The van der Waals surface area contributed by atoms with E-state index >= 15 is 0 Å². The molecule has 0 atom stereocenters. The number of amides is 1. The van der Waals surface area contributed by atoms with Crippen LogP contribution in [0.25, 0.3) is 0 Å². The van der Waals surface area contributed by atoms with Crippen LogP contribution in [0, 0.1) is 5.82 Å². The summed E-state index contributed by atoms with van der Waals surface area (Å²) in [5.41, 5.74) is 0.774. The van der Waals surface area contributed by atoms with Gasteiger partial charge in [-0.25, -0.2) is 9.07 Å². The zero-order valence-electron chi connectivity index (χ0n) is 10.9. The third-order valence-corrected chi connectivity index (χ3v) is 2.61. The highest BCUT2D eigenvalue weighted by Crippen LogP contribution is 2.05. The smallest absolute Gasteiger partial charge is 0.322 e. The monoisotopic (exact) mass is 293 g/mol. The molecule has 1 amide bonds. The summed E-state index contributed by atoms with van der Waals surface area (Å²) in [5, 5.41) is 21.6. The summed E-state index contributed by atoms with van der Waals surface area (Å²) in [6.45, 7) is -0.173. The van der Waals surface area contributed by atoms with Gasteiger partial charge in [-0.05, 0) is 28.1 Å². The molecule has 0 fully saturated rings. The second kappa shape index (κ2) is 6.55. The van der Waals surface area contributed by atoms with Crippen molar-refractivity contribution in [2.75, 3.05) is 6.54 Å². The van der Waals surface area contributed by atoms with Crippen molar-refractivity contribution in [1.29, 1.82) is 0 Å². The van der Waals surface area contributed by atoms with Gasteiger partial charge < -0.3 is 10.4 Å². The first-order chi connectivity index (χ1) is 10.0. The maximum absolute atomic E-state index is 12.8. The number of hydrogen-bond acceptors (Lipinski definition) is 5. The van der Waals surface area contributed by atoms with Gasteiger partial charge in [0, 0.05) is 0 Å². The van der Waals surface area contributed by atoms with E-state index in [2.05, 4.69) is 20.8 Å². The van der Waals surface area contributed by atoms with Crippen molar-refractivity contribution in [3.63, 3.8) is 0 Å². The summed E-state index contributed by atoms with van der Waals surface area (Å²) < 4.78 is 14.2. The summed E-state index contributed by atoms with van der Waals surface area (Å²) in [6.07, 6.45) is -0.137. The fourth-order valence-corrected chi connectivity index (χ4v) is 1.62. The predicted octanol–water partition coefficient (Wildman–Crippen LogP) is -0.396. The van der Waals surface area contributed by atoms with Gasteiger partial charge in [-0.3, -0.25) is 9.59 Å². The Balaban J connectivity index is 1.99. The Morgan fingerprint density at radius 1 is 1.29 bits per heavy atom. The van der Waals surface area contributed by atoms with E-state index in [1.807, 2.05) is 0 Å². The van der Waals surface area contributed by atoms with Crippen LogP contribution >= 0.6 is 0 Å². The Kier molecular flexibility index (Phi) is 4.54. The Morgan fingerprint density at radius 2 is 2.00 bits per heavy atom. The van der Waals surface area contributed by atoms with Crippen LogP contribution in [0.3, 0.4) is 0 Å². The average molecular weight is 293 g/mol. The standard InChI is InChI=1S/C12H12FN5O3/c13-9-3-1-8(2-4-9)7-18-10(15-16-17-18)5-11(19)14-6-12(20)21/h1-4H,5-7H2,(H,14,19)(H,20,21). The molecule has 0 spiro atoms. The van der Waals surface area contributed by atoms with Gasteiger partial charge in [0.2, 0.25) is 5.91 Å². The van der Waals surface area contributed by atoms with Crippen LogP contribution in [0.4, 0.5) is 4.39 Å². The van der Waals surface area contributed by atoms with Crippen molar-refractivity contribution in [3.05, 3.63) is 41.5 Å². The molecule has 9 heteroatoms. The highest BCUT2D eigenvalue weighted by atomic mass is 19.1. The van der Waals surface area contributed by atoms with Gasteiger partial charge in [-0.1, -0.05) is 12.1 Å². The molecule has 2 rings (SSSR count). The minimum absolute atomic E-state index is 0.137. The predicted molar refractivity (Wildman–Crippen MR) is 67.7 cm³/mol. The molecule has 0 aliphatic carbocycles. The topological polar surface area (TPSA) is 110 Å². The van der Waals surface area contributed by atoms with Gasteiger partial charge in [0.1, 0.15) is 12.4 Å². The number of benzene rings is 1. The van der Waals surface area contributed by atoms with Crippen LogP contribution in [0.1, 0.15) is 11.4 Å². The number of aromatic nitrogens is 4. The van der Waals surface area contributed by atoms with Gasteiger partial charge in [-0.2, -0.15) is 0 Å². The lowest BCUT2D eigenvalue weighted by Crippen LogP contribution is -2.31. The molecule has 1 aromatic carbocycles. The van der Waals surface area contributed by atoms with E-state index in [9.17, 15) is 14.0 Å². The van der Waals surface area contributed by atoms with Crippen molar-refractivity contribution in [1.82, 2.24) is 25.5 Å². The first-order valence-electron chi connectivity index (χ1n) is 6.02. The Bertz CT molecular complexity index is 641. The van der Waals surface area contributed by atoms with Gasteiger partial charge in [0.05, 0.1) is 13.0 Å². The van der Waals surface area contributed by atoms with Crippen molar-refractivity contribution in [2.45, 2.75) is 13.0 Å². The number of nitrogens with one attached hydrogen (secondary N) is 1. The lowest BCUT2D eigenvalue weighted by molar-refractivity contribution is -0.137. The molecular weight excluding hydrogens is 281 g/mol. The third kappa shape index (κ3) is 4.34. The summed E-state index contributed by atoms with van der Waals surface area (Å²) in [4.78, 5) is 21.9. The zero-order chi connectivity index (χ0) is 15.2. The number of carbonyl (C=O) groups excluding carboxylic acids is 1. The summed E-state index contributed by atoms with van der Waals surface area (Å²) >= 11 is 0. The Morgan fingerprint density at radius 3 is 2.67 bits per heavy atom. The van der Waals surface area contributed by atoms with Crippen LogP contribution in [0.2, 0.25) is 0 Å². The molecule has 8 nitrogen and oxygen atoms in total. The van der Waals surface area contributed by atoms with Crippen molar-refractivity contribution < 1.29 is 19.1 Å². The number of aliphatic carboxylic acids is 1. The molecule has 0 saturated carbocycles. The maximum Gasteiger partial charge on any atom is 0.322 e. The lowest BCUT2D eigenvalue weighted by atomic mass is 10.2. The Hall–Kier alpha value is -2.84. The first-order valence-corrected chi connectivity index (χ1v) is 6.02. The van der Waals surface area contributed by atoms with E-state index in [1.54, 1.807) is 12.1 Å². The number of halogens is 1. The zero-order valence-corrected chi connectivity index (χ0v) is 10.9. The summed E-state index contributed by atoms with van der Waals surface area (Å²) in [5.74, 6) is -1.67. The minimum Gasteiger partial charge on any atom is -0.480 e. The van der Waals surface area contributed by atoms with Crippen molar-refractivity contribution in [2.24, 2.45) is 0 Å². The van der Waals surface area contributed by atoms with E-state index in [1.165, 1.54) is 16.8 Å². The van der Waals surface area contributed by atoms with Gasteiger partial charge in [0.15, 0.2) is 5.82 Å². The molecule has 0 aliphatic rings. The Labute approximate surface area is 118 Å². The number of nitrogens with zero attached hydrogens (tertiary/aromatic N) is 4. The molecule has 110 valence electrons. The average Bonchev–Trinajstić information content (AvgIpc) is 2.86. The van der Waals surface area contributed by atoms with Crippen LogP contribution in [0.15, 0.2) is 24.3 Å². The fraction of sp³-hybridized carbons (Fsp3) is 0.250. The highest BCUT2D eigenvalue weighted by molar-refractivity contribution is 5.82. The van der Waals surface area contributed by atoms with Crippen LogP contribution in [0.5, 0.6) is 0 Å². The van der Waals surface area contributed by atoms with E-state index in [0.717, 1.165) is 5.56 Å². The molecule has 2 aromatic rings. The molecule has 0 aliphatic heterocycles. The van der Waals surface area contributed by atoms with Crippen LogP contribution < -0.4 is 5.32 Å². The second-order valence-corrected chi connectivity index (χ2v) is 4.23. The quantitative estimate of drug-likeness (QED) is 0.750. The first kappa shape index (κ1) is 14.6. The normalized spacial score (nSPS) is 10.3. The largest absolute Gasteiger partial charge is 0.480 e. The molecule has 0 unspecified atom stereocenters. The molecule has 0 radical (unpaired) electrons. The SMILES string of the molecule is O=C(O)CNC(=O)Cc1nnnn1Cc1ccc(F)cc1. The molecule has 2 N–H and O–H groups in total. The maximum atomic E-state index is 12.8. The molecule has 0 bridgehead atoms. The molecule has 1 aromatic heterocycles. The molecule has 0 saturated heterocycles. The van der Waals surface area contributed by atoms with Crippen LogP contribution in [-0.4, -0.2) is 43.7 Å². The third-order valence-electron chi connectivity index (χ3n) is 2.61. The number of carbonyl (C=O) groups is 2. The number of tetrazole rings is 1. The lowest BCUT2D eigenvalue weighted by Gasteiger charge is -2.05. The number of carboxylic acids is 1. The molecular formula is C12H12FN5O3. The number of hydrogen-bond donors (Lipinski definition) is 2. The summed E-state index contributed by atoms with van der Waals surface area (Å²) in [7, 11) is 0. The van der Waals surface area contributed by atoms with Crippen molar-refractivity contribution in [3.8, 4) is 0 Å². The minimum atomic E-state index is -1.13. The van der Waals surface area contributed by atoms with Gasteiger partial charge in [0.25, 0.3) is 0 Å². The molecule has 1 heterocycles. The van der Waals surface area contributed by atoms with Gasteiger partial charge in [-0.15, -0.1) is 5.10 Å². The second-order valence-electron chi connectivity index (χ2n) is 4.23. The van der Waals surface area contributed by atoms with Gasteiger partial charge >= 0.3 is 5.97 Å². The van der Waals surface area contributed by atoms with E-state index < -0.39 is 18.4 Å². The number of rotatable bonds is 6. The summed E-state index contributed by atoms with van der Waals surface area (Å²) in [6, 6.07) is 5.81.